The van der Waals surface area contributed by atoms with Crippen LogP contribution in [0, 0.1) is 0 Å². The van der Waals surface area contributed by atoms with Crippen molar-refractivity contribution in [2.24, 2.45) is 0 Å². The zero-order valence-electron chi connectivity index (χ0n) is 14.1. The Labute approximate surface area is 142 Å². The molecule has 128 valence electrons. The minimum Gasteiger partial charge on any atom is -0.399 e. The van der Waals surface area contributed by atoms with Gasteiger partial charge in [0, 0.05) is 30.2 Å². The van der Waals surface area contributed by atoms with Crippen LogP contribution in [0.15, 0.2) is 48.5 Å². The Bertz CT molecular complexity index is 659. The van der Waals surface area contributed by atoms with E-state index in [1.807, 2.05) is 55.5 Å². The number of hydrogen-bond acceptors (Lipinski definition) is 4. The van der Waals surface area contributed by atoms with Crippen LogP contribution in [0.3, 0.4) is 0 Å². The molecule has 0 aromatic heterocycles. The summed E-state index contributed by atoms with van der Waals surface area (Å²) in [6.07, 6.45) is -1.51. The van der Waals surface area contributed by atoms with Gasteiger partial charge in [-0.3, -0.25) is 0 Å². The minimum atomic E-state index is -1.12. The van der Waals surface area contributed by atoms with Crippen molar-refractivity contribution < 1.29 is 9.13 Å². The maximum Gasteiger partial charge on any atom is 0.198 e. The summed E-state index contributed by atoms with van der Waals surface area (Å²) in [6, 6.07) is 15.6. The van der Waals surface area contributed by atoms with E-state index >= 15 is 0 Å². The molecule has 1 unspecified atom stereocenters. The van der Waals surface area contributed by atoms with Crippen LogP contribution in [0.4, 0.5) is 21.5 Å². The molecule has 1 fully saturated rings. The number of alkyl halides is 1. The van der Waals surface area contributed by atoms with Crippen LogP contribution in [0.2, 0.25) is 0 Å². The van der Waals surface area contributed by atoms with E-state index in [1.54, 1.807) is 11.8 Å². The average molecular weight is 329 g/mol. The van der Waals surface area contributed by atoms with Gasteiger partial charge in [0.2, 0.25) is 0 Å². The van der Waals surface area contributed by atoms with Crippen LogP contribution in [-0.2, 0) is 11.3 Å². The molecule has 0 radical (unpaired) electrons. The van der Waals surface area contributed by atoms with Crippen molar-refractivity contribution >= 4 is 17.1 Å². The number of halogens is 1. The number of ether oxygens (including phenoxy) is 1. The topological polar surface area (TPSA) is 50.5 Å². The number of benzene rings is 2. The molecule has 3 N–H and O–H groups in total. The highest BCUT2D eigenvalue weighted by molar-refractivity contribution is 5.56. The standard InChI is InChI=1S/C19H24FN3O/c1-13-12-23(19(20)14(2)24-13)18-9-7-17(8-10-18)22-11-15-3-5-16(21)6-4-15/h3-10,13-14,19,22H,11-12,21H2,1-2H3/t13-,14+,19?/m0/s1. The Balaban J connectivity index is 1.63. The molecule has 0 amide bonds. The summed E-state index contributed by atoms with van der Waals surface area (Å²) in [5.41, 5.74) is 9.49. The third-order valence-corrected chi connectivity index (χ3v) is 4.26. The largest absolute Gasteiger partial charge is 0.399 e. The molecule has 5 heteroatoms. The van der Waals surface area contributed by atoms with Gasteiger partial charge in [0.05, 0.1) is 6.10 Å². The first kappa shape index (κ1) is 16.6. The first-order chi connectivity index (χ1) is 11.5. The lowest BCUT2D eigenvalue weighted by Crippen LogP contribution is -2.51. The first-order valence-corrected chi connectivity index (χ1v) is 8.27. The van der Waals surface area contributed by atoms with E-state index < -0.39 is 12.4 Å². The summed E-state index contributed by atoms with van der Waals surface area (Å²) < 4.78 is 19.9. The Morgan fingerprint density at radius 3 is 2.46 bits per heavy atom. The molecule has 1 aliphatic rings. The van der Waals surface area contributed by atoms with E-state index in [-0.39, 0.29) is 6.10 Å². The number of hydrogen-bond donors (Lipinski definition) is 2. The van der Waals surface area contributed by atoms with Gasteiger partial charge in [-0.15, -0.1) is 0 Å². The van der Waals surface area contributed by atoms with Crippen LogP contribution < -0.4 is 16.0 Å². The fraction of sp³-hybridized carbons (Fsp3) is 0.368. The fourth-order valence-electron chi connectivity index (χ4n) is 2.96. The molecule has 1 aliphatic heterocycles. The van der Waals surface area contributed by atoms with E-state index in [0.29, 0.717) is 6.54 Å². The van der Waals surface area contributed by atoms with Gasteiger partial charge in [-0.05, 0) is 55.8 Å². The zero-order valence-corrected chi connectivity index (χ0v) is 14.1. The van der Waals surface area contributed by atoms with Crippen molar-refractivity contribution in [1.82, 2.24) is 0 Å². The first-order valence-electron chi connectivity index (χ1n) is 8.27. The normalized spacial score (nSPS) is 24.0. The van der Waals surface area contributed by atoms with Crippen LogP contribution in [0.5, 0.6) is 0 Å². The lowest BCUT2D eigenvalue weighted by atomic mass is 10.1. The summed E-state index contributed by atoms with van der Waals surface area (Å²) >= 11 is 0. The molecule has 2 aromatic carbocycles. The van der Waals surface area contributed by atoms with Gasteiger partial charge in [-0.1, -0.05) is 12.1 Å². The van der Waals surface area contributed by atoms with Crippen LogP contribution in [0.1, 0.15) is 19.4 Å². The molecular formula is C19H24FN3O. The van der Waals surface area contributed by atoms with E-state index in [9.17, 15) is 4.39 Å². The molecule has 0 spiro atoms. The molecule has 0 aliphatic carbocycles. The van der Waals surface area contributed by atoms with Crippen molar-refractivity contribution in [1.29, 1.82) is 0 Å². The molecule has 0 saturated carbocycles. The molecule has 4 nitrogen and oxygen atoms in total. The number of morpholine rings is 1. The minimum absolute atomic E-state index is 0.0234. The second-order valence-electron chi connectivity index (χ2n) is 6.32. The highest BCUT2D eigenvalue weighted by Crippen LogP contribution is 2.27. The maximum atomic E-state index is 14.4. The third kappa shape index (κ3) is 3.79. The van der Waals surface area contributed by atoms with Gasteiger partial charge in [0.15, 0.2) is 6.30 Å². The molecule has 1 heterocycles. The Morgan fingerprint density at radius 2 is 1.79 bits per heavy atom. The van der Waals surface area contributed by atoms with E-state index in [1.165, 1.54) is 0 Å². The lowest BCUT2D eigenvalue weighted by molar-refractivity contribution is -0.0614. The summed E-state index contributed by atoms with van der Waals surface area (Å²) in [5, 5.41) is 3.36. The number of rotatable bonds is 4. The molecule has 3 rings (SSSR count). The highest BCUT2D eigenvalue weighted by atomic mass is 19.1. The third-order valence-electron chi connectivity index (χ3n) is 4.26. The van der Waals surface area contributed by atoms with Crippen molar-refractivity contribution in [3.05, 3.63) is 54.1 Å². The zero-order chi connectivity index (χ0) is 17.1. The smallest absolute Gasteiger partial charge is 0.198 e. The Kier molecular flexibility index (Phi) is 4.90. The molecule has 2 aromatic rings. The second-order valence-corrected chi connectivity index (χ2v) is 6.32. The molecular weight excluding hydrogens is 305 g/mol. The number of nitrogens with two attached hydrogens (primary N) is 1. The predicted octanol–water partition coefficient (Wildman–Crippen LogP) is 3.79. The van der Waals surface area contributed by atoms with E-state index in [4.69, 9.17) is 10.5 Å². The van der Waals surface area contributed by atoms with Gasteiger partial charge in [-0.2, -0.15) is 0 Å². The summed E-state index contributed by atoms with van der Waals surface area (Å²) in [4.78, 5) is 1.77. The number of anilines is 3. The van der Waals surface area contributed by atoms with Crippen molar-refractivity contribution in [3.8, 4) is 0 Å². The molecule has 24 heavy (non-hydrogen) atoms. The number of nitrogens with one attached hydrogen (secondary N) is 1. The van der Waals surface area contributed by atoms with Gasteiger partial charge in [0.1, 0.15) is 6.10 Å². The van der Waals surface area contributed by atoms with Crippen LogP contribution in [-0.4, -0.2) is 25.0 Å². The SMILES string of the molecule is C[C@H]1CN(c2ccc(NCc3ccc(N)cc3)cc2)C(F)[C@@H](C)O1. The van der Waals surface area contributed by atoms with E-state index in [2.05, 4.69) is 5.32 Å². The second kappa shape index (κ2) is 7.09. The number of nitrogens with zero attached hydrogens (tertiary/aromatic N) is 1. The number of nitrogen functional groups attached to an aromatic ring is 1. The van der Waals surface area contributed by atoms with Gasteiger partial charge in [0.25, 0.3) is 0 Å². The van der Waals surface area contributed by atoms with Crippen LogP contribution in [0.25, 0.3) is 0 Å². The average Bonchev–Trinajstić information content (AvgIpc) is 2.58. The lowest BCUT2D eigenvalue weighted by Gasteiger charge is -2.39. The summed E-state index contributed by atoms with van der Waals surface area (Å²) in [6.45, 7) is 5.02. The van der Waals surface area contributed by atoms with Gasteiger partial charge in [-0.25, -0.2) is 4.39 Å². The maximum absolute atomic E-state index is 14.4. The monoisotopic (exact) mass is 329 g/mol. The van der Waals surface area contributed by atoms with Crippen LogP contribution >= 0.6 is 0 Å². The van der Waals surface area contributed by atoms with Gasteiger partial charge >= 0.3 is 0 Å². The summed E-state index contributed by atoms with van der Waals surface area (Å²) in [7, 11) is 0. The molecule has 0 bridgehead atoms. The molecule has 1 saturated heterocycles. The quantitative estimate of drug-likeness (QED) is 0.662. The summed E-state index contributed by atoms with van der Waals surface area (Å²) in [5.74, 6) is 0. The van der Waals surface area contributed by atoms with Crippen molar-refractivity contribution in [3.63, 3.8) is 0 Å². The van der Waals surface area contributed by atoms with Gasteiger partial charge < -0.3 is 20.7 Å². The van der Waals surface area contributed by atoms with E-state index in [0.717, 1.165) is 29.2 Å². The fourth-order valence-corrected chi connectivity index (χ4v) is 2.96. The Hall–Kier alpha value is -2.27. The Morgan fingerprint density at radius 1 is 1.12 bits per heavy atom. The van der Waals surface area contributed by atoms with Crippen molar-refractivity contribution in [2.45, 2.75) is 38.9 Å². The predicted molar refractivity (Wildman–Crippen MR) is 96.9 cm³/mol. The highest BCUT2D eigenvalue weighted by Gasteiger charge is 2.32. The molecule has 3 atom stereocenters. The van der Waals surface area contributed by atoms with Crippen molar-refractivity contribution in [2.75, 3.05) is 22.5 Å².